The highest BCUT2D eigenvalue weighted by atomic mass is 35.5. The summed E-state index contributed by atoms with van der Waals surface area (Å²) in [5.74, 6) is 0.977. The molecule has 3 rings (SSSR count). The highest BCUT2D eigenvalue weighted by Crippen LogP contribution is 2.34. The summed E-state index contributed by atoms with van der Waals surface area (Å²) >= 11 is 6.44. The average Bonchev–Trinajstić information content (AvgIpc) is 2.63. The van der Waals surface area contributed by atoms with Crippen molar-refractivity contribution in [2.45, 2.75) is 27.2 Å². The van der Waals surface area contributed by atoms with Crippen LogP contribution in [-0.4, -0.2) is 53.7 Å². The Morgan fingerprint density at radius 2 is 1.93 bits per heavy atom. The number of fused-ring (bicyclic) bond motifs is 1. The third-order valence-electron chi connectivity index (χ3n) is 5.06. The van der Waals surface area contributed by atoms with Crippen LogP contribution in [0.5, 0.6) is 0 Å². The topological polar surface area (TPSA) is 22.1 Å². The van der Waals surface area contributed by atoms with E-state index in [1.165, 1.54) is 11.1 Å². The van der Waals surface area contributed by atoms with Gasteiger partial charge in [-0.3, -0.25) is 0 Å². The number of hydrogen-bond donors (Lipinski definition) is 0. The highest BCUT2D eigenvalue weighted by Gasteiger charge is 2.26. The molecule has 2 aliphatic rings. The number of piperazine rings is 1. The maximum absolute atomic E-state index is 6.44. The van der Waals surface area contributed by atoms with E-state index in [0.717, 1.165) is 60.4 Å². The van der Waals surface area contributed by atoms with Crippen LogP contribution >= 0.6 is 11.6 Å². The van der Waals surface area contributed by atoms with Crippen LogP contribution in [0.4, 0.5) is 0 Å². The van der Waals surface area contributed by atoms with Crippen LogP contribution in [0.3, 0.4) is 0 Å². The second-order valence-electron chi connectivity index (χ2n) is 7.56. The third kappa shape index (κ3) is 4.41. The van der Waals surface area contributed by atoms with Crippen molar-refractivity contribution in [3.05, 3.63) is 70.2 Å². The summed E-state index contributed by atoms with van der Waals surface area (Å²) in [7, 11) is 2.16. The molecule has 5 heteroatoms. The molecule has 0 radical (unpaired) electrons. The van der Waals surface area contributed by atoms with Gasteiger partial charge in [0.1, 0.15) is 0 Å². The van der Waals surface area contributed by atoms with Gasteiger partial charge in [-0.05, 0) is 69.7 Å². The van der Waals surface area contributed by atoms with Crippen molar-refractivity contribution in [3.63, 3.8) is 0 Å². The summed E-state index contributed by atoms with van der Waals surface area (Å²) in [4.78, 5) is 4.71. The van der Waals surface area contributed by atoms with Gasteiger partial charge < -0.3 is 9.80 Å². The fourth-order valence-electron chi connectivity index (χ4n) is 3.62. The minimum absolute atomic E-state index is 0.734. The first-order valence-corrected chi connectivity index (χ1v) is 10.1. The quantitative estimate of drug-likeness (QED) is 0.547. The predicted molar refractivity (Wildman–Crippen MR) is 119 cm³/mol. The van der Waals surface area contributed by atoms with Gasteiger partial charge in [0.05, 0.1) is 5.70 Å². The molecular formula is C23H29ClN4. The number of likely N-dealkylation sites (N-methyl/N-ethyl adjacent to an activating group) is 1. The first-order chi connectivity index (χ1) is 13.4. The van der Waals surface area contributed by atoms with Gasteiger partial charge in [-0.1, -0.05) is 30.0 Å². The molecule has 0 aliphatic carbocycles. The van der Waals surface area contributed by atoms with Crippen molar-refractivity contribution in [3.8, 4) is 0 Å². The van der Waals surface area contributed by atoms with Crippen molar-refractivity contribution >= 4 is 23.0 Å². The van der Waals surface area contributed by atoms with E-state index < -0.39 is 0 Å². The average molecular weight is 397 g/mol. The lowest BCUT2D eigenvalue weighted by Crippen LogP contribution is -2.46. The van der Waals surface area contributed by atoms with E-state index in [2.05, 4.69) is 42.2 Å². The van der Waals surface area contributed by atoms with Crippen LogP contribution < -0.4 is 0 Å². The van der Waals surface area contributed by atoms with E-state index in [1.54, 1.807) is 0 Å². The number of halogens is 1. The van der Waals surface area contributed by atoms with E-state index in [0.29, 0.717) is 0 Å². The first-order valence-electron chi connectivity index (χ1n) is 9.73. The zero-order chi connectivity index (χ0) is 20.3. The maximum Gasteiger partial charge on any atom is 0.174 e. The number of benzene rings is 1. The fraction of sp³-hybridized carbons (Fsp3) is 0.391. The molecule has 0 atom stereocenters. The van der Waals surface area contributed by atoms with Gasteiger partial charge in [0.2, 0.25) is 0 Å². The van der Waals surface area contributed by atoms with Gasteiger partial charge in [-0.15, -0.1) is 0 Å². The Hall–Kier alpha value is -2.26. The zero-order valence-electron chi connectivity index (χ0n) is 17.3. The van der Waals surface area contributed by atoms with Gasteiger partial charge in [-0.25, -0.2) is 5.01 Å². The van der Waals surface area contributed by atoms with Crippen molar-refractivity contribution in [1.82, 2.24) is 14.8 Å². The first kappa shape index (κ1) is 20.5. The van der Waals surface area contributed by atoms with Crippen molar-refractivity contribution in [1.29, 1.82) is 0 Å². The van der Waals surface area contributed by atoms with Crippen LogP contribution in [0.15, 0.2) is 53.6 Å². The maximum atomic E-state index is 6.44. The van der Waals surface area contributed by atoms with Crippen molar-refractivity contribution in [2.24, 2.45) is 5.10 Å². The summed E-state index contributed by atoms with van der Waals surface area (Å²) in [6, 6.07) is 4.05. The van der Waals surface area contributed by atoms with Crippen molar-refractivity contribution in [2.75, 3.05) is 33.2 Å². The molecule has 0 unspecified atom stereocenters. The second kappa shape index (κ2) is 8.83. The molecule has 1 saturated heterocycles. The molecule has 4 nitrogen and oxygen atoms in total. The molecule has 2 heterocycles. The van der Waals surface area contributed by atoms with Crippen LogP contribution in [0, 0.1) is 6.92 Å². The molecule has 0 saturated carbocycles. The Morgan fingerprint density at radius 3 is 2.57 bits per heavy atom. The van der Waals surface area contributed by atoms with Crippen LogP contribution in [-0.2, 0) is 6.42 Å². The lowest BCUT2D eigenvalue weighted by molar-refractivity contribution is 0.158. The Balaban J connectivity index is 2.20. The minimum atomic E-state index is 0.734. The third-order valence-corrected chi connectivity index (χ3v) is 5.28. The Labute approximate surface area is 173 Å². The SMILES string of the molecule is C=C/C=C1\c2cc(Cl)cc(C)c2CC=C=C(N2CCN(C)CC2)N1N=C(C)C. The number of allylic oxidation sites excluding steroid dienone is 3. The standard InChI is InChI=1S/C23H29ClN4/c1-6-8-22-21-16-19(24)15-18(4)20(21)9-7-10-23(28(22)25-17(2)3)27-13-11-26(5)12-14-27/h6-8,15-16H,1,9,11-14H2,2-5H3/b22-8+. The lowest BCUT2D eigenvalue weighted by atomic mass is 9.95. The van der Waals surface area contributed by atoms with Crippen LogP contribution in [0.25, 0.3) is 5.70 Å². The molecule has 2 aliphatic heterocycles. The number of rotatable bonds is 3. The van der Waals surface area contributed by atoms with Crippen LogP contribution in [0.1, 0.15) is 30.5 Å². The Morgan fingerprint density at radius 1 is 1.21 bits per heavy atom. The Bertz CT molecular complexity index is 878. The van der Waals surface area contributed by atoms with E-state index in [4.69, 9.17) is 16.7 Å². The van der Waals surface area contributed by atoms with Gasteiger partial charge in [-0.2, -0.15) is 5.10 Å². The van der Waals surface area contributed by atoms with E-state index >= 15 is 0 Å². The molecule has 0 bridgehead atoms. The van der Waals surface area contributed by atoms with Crippen molar-refractivity contribution < 1.29 is 0 Å². The minimum Gasteiger partial charge on any atom is -0.347 e. The molecule has 1 aromatic carbocycles. The molecule has 0 amide bonds. The molecule has 1 aromatic rings. The van der Waals surface area contributed by atoms with Gasteiger partial charge in [0.15, 0.2) is 5.82 Å². The molecule has 148 valence electrons. The normalized spacial score (nSPS) is 19.0. The molecule has 1 fully saturated rings. The zero-order valence-corrected chi connectivity index (χ0v) is 18.1. The smallest absolute Gasteiger partial charge is 0.174 e. The predicted octanol–water partition coefficient (Wildman–Crippen LogP) is 4.67. The van der Waals surface area contributed by atoms with Gasteiger partial charge in [0, 0.05) is 42.5 Å². The summed E-state index contributed by atoms with van der Waals surface area (Å²) in [6.45, 7) is 14.0. The summed E-state index contributed by atoms with van der Waals surface area (Å²) in [6.07, 6.45) is 6.76. The van der Waals surface area contributed by atoms with E-state index in [1.807, 2.05) is 43.1 Å². The number of aryl methyl sites for hydroxylation is 1. The van der Waals surface area contributed by atoms with Gasteiger partial charge in [0.25, 0.3) is 0 Å². The number of hydrazone groups is 1. The monoisotopic (exact) mass is 396 g/mol. The molecule has 0 N–H and O–H groups in total. The lowest BCUT2D eigenvalue weighted by Gasteiger charge is -2.38. The summed E-state index contributed by atoms with van der Waals surface area (Å²) < 4.78 is 0. The van der Waals surface area contributed by atoms with E-state index in [-0.39, 0.29) is 0 Å². The summed E-state index contributed by atoms with van der Waals surface area (Å²) in [5.41, 5.74) is 9.02. The summed E-state index contributed by atoms with van der Waals surface area (Å²) in [5, 5.41) is 7.63. The molecule has 0 aromatic heterocycles. The highest BCUT2D eigenvalue weighted by molar-refractivity contribution is 6.30. The molecular weight excluding hydrogens is 368 g/mol. The Kier molecular flexibility index (Phi) is 6.46. The van der Waals surface area contributed by atoms with Crippen LogP contribution in [0.2, 0.25) is 5.02 Å². The molecule has 0 spiro atoms. The second-order valence-corrected chi connectivity index (χ2v) is 8.00. The number of hydrogen-bond acceptors (Lipinski definition) is 4. The number of nitrogens with zero attached hydrogens (tertiary/aromatic N) is 4. The van der Waals surface area contributed by atoms with E-state index in [9.17, 15) is 0 Å². The molecule has 28 heavy (non-hydrogen) atoms. The largest absolute Gasteiger partial charge is 0.347 e. The van der Waals surface area contributed by atoms with Gasteiger partial charge >= 0.3 is 0 Å². The fourth-order valence-corrected chi connectivity index (χ4v) is 3.90.